The number of carbonyl (C=O) groups excluding carboxylic acids is 2. The monoisotopic (exact) mass is 401 g/mol. The maximum Gasteiger partial charge on any atom is 0.331 e. The summed E-state index contributed by atoms with van der Waals surface area (Å²) in [6, 6.07) is 15.7. The van der Waals surface area contributed by atoms with E-state index in [9.17, 15) is 9.59 Å². The quantitative estimate of drug-likeness (QED) is 0.471. The van der Waals surface area contributed by atoms with Crippen LogP contribution in [0.15, 0.2) is 54.7 Å². The van der Waals surface area contributed by atoms with Gasteiger partial charge in [-0.05, 0) is 37.1 Å². The topological polar surface area (TPSA) is 84.1 Å². The number of amides is 1. The van der Waals surface area contributed by atoms with E-state index in [4.69, 9.17) is 10.00 Å². The van der Waals surface area contributed by atoms with Gasteiger partial charge >= 0.3 is 5.97 Å². The number of rotatable bonds is 7. The molecular formula is C24H23N3O3. The number of hydrogen-bond donors (Lipinski definition) is 1. The van der Waals surface area contributed by atoms with Gasteiger partial charge < -0.3 is 14.6 Å². The van der Waals surface area contributed by atoms with Gasteiger partial charge in [0.05, 0.1) is 12.5 Å². The Bertz CT molecular complexity index is 1130. The summed E-state index contributed by atoms with van der Waals surface area (Å²) < 4.78 is 7.06. The lowest BCUT2D eigenvalue weighted by molar-refractivity contribution is -0.142. The van der Waals surface area contributed by atoms with Crippen molar-refractivity contribution in [3.05, 3.63) is 71.4 Å². The number of aromatic nitrogens is 1. The molecule has 0 bridgehead atoms. The molecular weight excluding hydrogens is 378 g/mol. The molecule has 0 aliphatic heterocycles. The van der Waals surface area contributed by atoms with Crippen molar-refractivity contribution in [2.24, 2.45) is 0 Å². The van der Waals surface area contributed by atoms with E-state index in [-0.39, 0.29) is 12.5 Å². The van der Waals surface area contributed by atoms with E-state index in [0.717, 1.165) is 33.3 Å². The Morgan fingerprint density at radius 1 is 1.13 bits per heavy atom. The highest BCUT2D eigenvalue weighted by atomic mass is 16.5. The summed E-state index contributed by atoms with van der Waals surface area (Å²) in [6.07, 6.45) is 5.28. The molecule has 30 heavy (non-hydrogen) atoms. The number of para-hydroxylation sites is 2. The van der Waals surface area contributed by atoms with Crippen molar-refractivity contribution < 1.29 is 14.3 Å². The molecule has 1 heterocycles. The molecule has 0 spiro atoms. The number of benzene rings is 2. The molecule has 1 aromatic heterocycles. The van der Waals surface area contributed by atoms with Gasteiger partial charge in [0.25, 0.3) is 5.91 Å². The Kier molecular flexibility index (Phi) is 6.66. The lowest BCUT2D eigenvalue weighted by atomic mass is 10.1. The molecule has 0 aliphatic rings. The van der Waals surface area contributed by atoms with Crippen molar-refractivity contribution in [2.75, 3.05) is 11.9 Å². The maximum atomic E-state index is 12.1. The molecule has 0 fully saturated rings. The van der Waals surface area contributed by atoms with E-state index < -0.39 is 5.97 Å². The Balaban J connectivity index is 1.62. The molecule has 0 saturated carbocycles. The van der Waals surface area contributed by atoms with Crippen LogP contribution in [0.1, 0.15) is 23.1 Å². The number of carbonyl (C=O) groups is 2. The average Bonchev–Trinajstić information content (AvgIpc) is 3.10. The fourth-order valence-corrected chi connectivity index (χ4v) is 3.29. The predicted octanol–water partition coefficient (Wildman–Crippen LogP) is 4.37. The van der Waals surface area contributed by atoms with Crippen LogP contribution >= 0.6 is 0 Å². The van der Waals surface area contributed by atoms with Gasteiger partial charge in [-0.3, -0.25) is 4.79 Å². The Hall–Kier alpha value is -3.85. The Labute approximate surface area is 175 Å². The maximum absolute atomic E-state index is 12.1. The molecule has 2 aromatic carbocycles. The molecule has 6 nitrogen and oxygen atoms in total. The summed E-state index contributed by atoms with van der Waals surface area (Å²) in [5.74, 6) is -0.984. The van der Waals surface area contributed by atoms with E-state index >= 15 is 0 Å². The second-order valence-corrected chi connectivity index (χ2v) is 6.96. The lowest BCUT2D eigenvalue weighted by Crippen LogP contribution is -2.21. The fourth-order valence-electron chi connectivity index (χ4n) is 3.29. The molecule has 152 valence electrons. The molecule has 1 amide bonds. The minimum Gasteiger partial charge on any atom is -0.452 e. The minimum absolute atomic E-state index is 0.360. The number of aryl methyl sites for hydroxylation is 3. The Morgan fingerprint density at radius 3 is 2.60 bits per heavy atom. The number of nitrogens with zero attached hydrogens (tertiary/aromatic N) is 2. The van der Waals surface area contributed by atoms with Gasteiger partial charge in [-0.25, -0.2) is 4.79 Å². The van der Waals surface area contributed by atoms with Crippen molar-refractivity contribution >= 4 is 34.5 Å². The highest BCUT2D eigenvalue weighted by molar-refractivity contribution is 5.97. The van der Waals surface area contributed by atoms with E-state index in [1.807, 2.05) is 67.1 Å². The van der Waals surface area contributed by atoms with E-state index in [2.05, 4.69) is 11.4 Å². The number of ether oxygens (including phenoxy) is 1. The van der Waals surface area contributed by atoms with E-state index in [1.54, 1.807) is 6.08 Å². The molecule has 1 N–H and O–H groups in total. The number of anilines is 1. The third kappa shape index (κ3) is 4.95. The zero-order valence-electron chi connectivity index (χ0n) is 17.0. The first-order valence-electron chi connectivity index (χ1n) is 9.65. The Morgan fingerprint density at radius 2 is 1.87 bits per heavy atom. The number of esters is 1. The lowest BCUT2D eigenvalue weighted by Gasteiger charge is -2.11. The molecule has 0 radical (unpaired) electrons. The third-order valence-electron chi connectivity index (χ3n) is 4.77. The summed E-state index contributed by atoms with van der Waals surface area (Å²) in [5, 5.41) is 12.6. The summed E-state index contributed by atoms with van der Waals surface area (Å²) in [6.45, 7) is 4.03. The van der Waals surface area contributed by atoms with Crippen LogP contribution in [0.2, 0.25) is 0 Å². The number of nitriles is 1. The number of hydrogen-bond acceptors (Lipinski definition) is 4. The first-order valence-corrected chi connectivity index (χ1v) is 9.65. The summed E-state index contributed by atoms with van der Waals surface area (Å²) in [5.41, 5.74) is 4.47. The molecule has 0 aliphatic carbocycles. The highest BCUT2D eigenvalue weighted by Crippen LogP contribution is 2.23. The molecule has 6 heteroatoms. The van der Waals surface area contributed by atoms with E-state index in [1.165, 1.54) is 6.08 Å². The molecule has 0 saturated heterocycles. The predicted molar refractivity (Wildman–Crippen MR) is 117 cm³/mol. The normalized spacial score (nSPS) is 10.8. The summed E-state index contributed by atoms with van der Waals surface area (Å²) in [4.78, 5) is 24.2. The van der Waals surface area contributed by atoms with Crippen LogP contribution in [0.4, 0.5) is 5.69 Å². The highest BCUT2D eigenvalue weighted by Gasteiger charge is 2.10. The van der Waals surface area contributed by atoms with Gasteiger partial charge in [0.1, 0.15) is 0 Å². The van der Waals surface area contributed by atoms with Crippen LogP contribution in [-0.2, 0) is 20.9 Å². The van der Waals surface area contributed by atoms with Crippen LogP contribution in [0, 0.1) is 25.2 Å². The van der Waals surface area contributed by atoms with Crippen LogP contribution in [0.5, 0.6) is 0 Å². The second kappa shape index (κ2) is 9.57. The zero-order chi connectivity index (χ0) is 21.5. The first-order chi connectivity index (χ1) is 14.5. The third-order valence-corrected chi connectivity index (χ3v) is 4.77. The average molecular weight is 401 g/mol. The smallest absolute Gasteiger partial charge is 0.331 e. The van der Waals surface area contributed by atoms with Gasteiger partial charge in [0.15, 0.2) is 6.61 Å². The van der Waals surface area contributed by atoms with Crippen molar-refractivity contribution in [3.8, 4) is 6.07 Å². The van der Waals surface area contributed by atoms with Crippen LogP contribution < -0.4 is 5.32 Å². The minimum atomic E-state index is -0.597. The van der Waals surface area contributed by atoms with E-state index in [0.29, 0.717) is 13.0 Å². The van der Waals surface area contributed by atoms with Crippen molar-refractivity contribution in [3.63, 3.8) is 0 Å². The van der Waals surface area contributed by atoms with Crippen molar-refractivity contribution in [2.45, 2.75) is 26.8 Å². The van der Waals surface area contributed by atoms with Crippen LogP contribution in [-0.4, -0.2) is 23.1 Å². The molecule has 0 unspecified atom stereocenters. The van der Waals surface area contributed by atoms with Crippen LogP contribution in [0.25, 0.3) is 17.0 Å². The SMILES string of the molecule is Cc1cccc(C)c1NC(=O)COC(=O)/C=C/c1cn(CCC#N)c2ccccc12. The van der Waals surface area contributed by atoms with Crippen molar-refractivity contribution in [1.82, 2.24) is 4.57 Å². The van der Waals surface area contributed by atoms with Gasteiger partial charge in [0.2, 0.25) is 0 Å². The van der Waals surface area contributed by atoms with Crippen LogP contribution in [0.3, 0.4) is 0 Å². The number of nitrogens with one attached hydrogen (secondary N) is 1. The molecule has 3 rings (SSSR count). The molecule has 3 aromatic rings. The van der Waals surface area contributed by atoms with Gasteiger partial charge in [0, 0.05) is 41.0 Å². The van der Waals surface area contributed by atoms with Gasteiger partial charge in [-0.2, -0.15) is 5.26 Å². The fraction of sp³-hybridized carbons (Fsp3) is 0.208. The first kappa shape index (κ1) is 20.9. The second-order valence-electron chi connectivity index (χ2n) is 6.96. The standard InChI is InChI=1S/C24H23N3O3/c1-17-7-5-8-18(2)24(17)26-22(28)16-30-23(29)12-11-19-15-27(14-6-13-25)21-10-4-3-9-20(19)21/h3-5,7-12,15H,6,14,16H2,1-2H3,(H,26,28)/b12-11+. The molecule has 0 atom stereocenters. The largest absolute Gasteiger partial charge is 0.452 e. The zero-order valence-corrected chi connectivity index (χ0v) is 17.0. The summed E-state index contributed by atoms with van der Waals surface area (Å²) in [7, 11) is 0. The summed E-state index contributed by atoms with van der Waals surface area (Å²) >= 11 is 0. The van der Waals surface area contributed by atoms with Gasteiger partial charge in [-0.15, -0.1) is 0 Å². The number of fused-ring (bicyclic) bond motifs is 1. The van der Waals surface area contributed by atoms with Crippen molar-refractivity contribution in [1.29, 1.82) is 5.26 Å². The van der Waals surface area contributed by atoms with Gasteiger partial charge in [-0.1, -0.05) is 36.4 Å².